The molecule has 2 rings (SSSR count). The van der Waals surface area contributed by atoms with Crippen molar-refractivity contribution in [3.63, 3.8) is 0 Å². The number of thiophene rings is 1. The van der Waals surface area contributed by atoms with Crippen molar-refractivity contribution >= 4 is 17.2 Å². The molecule has 1 amide bonds. The molecule has 20 heavy (non-hydrogen) atoms. The zero-order valence-corrected chi connectivity index (χ0v) is 11.9. The molecule has 0 aliphatic rings. The van der Waals surface area contributed by atoms with E-state index in [9.17, 15) is 4.79 Å². The van der Waals surface area contributed by atoms with Gasteiger partial charge in [0.1, 0.15) is 11.8 Å². The Bertz CT molecular complexity index is 643. The fraction of sp³-hybridized carbons (Fsp3) is 0.200. The Labute approximate surface area is 121 Å². The van der Waals surface area contributed by atoms with Crippen molar-refractivity contribution in [2.75, 3.05) is 6.61 Å². The number of rotatable bonds is 5. The van der Waals surface area contributed by atoms with E-state index in [0.717, 1.165) is 4.88 Å². The van der Waals surface area contributed by atoms with E-state index in [1.807, 2.05) is 24.4 Å². The summed E-state index contributed by atoms with van der Waals surface area (Å²) in [6, 6.07) is 10.9. The SMILES string of the molecule is Cc1ccsc1CNC(=O)COc1ccccc1C#N. The summed E-state index contributed by atoms with van der Waals surface area (Å²) in [6.07, 6.45) is 0. The lowest BCUT2D eigenvalue weighted by Crippen LogP contribution is -2.28. The molecule has 1 N–H and O–H groups in total. The topological polar surface area (TPSA) is 62.1 Å². The summed E-state index contributed by atoms with van der Waals surface area (Å²) >= 11 is 1.61. The number of benzene rings is 1. The minimum Gasteiger partial charge on any atom is -0.482 e. The van der Waals surface area contributed by atoms with Crippen molar-refractivity contribution in [2.45, 2.75) is 13.5 Å². The van der Waals surface area contributed by atoms with E-state index in [-0.39, 0.29) is 12.5 Å². The molecule has 0 fully saturated rings. The summed E-state index contributed by atoms with van der Waals surface area (Å²) in [6.45, 7) is 2.42. The van der Waals surface area contributed by atoms with Crippen LogP contribution in [0.5, 0.6) is 5.75 Å². The third-order valence-corrected chi connectivity index (χ3v) is 3.80. The van der Waals surface area contributed by atoms with Gasteiger partial charge in [-0.2, -0.15) is 5.26 Å². The maximum atomic E-state index is 11.7. The Balaban J connectivity index is 1.84. The first-order chi connectivity index (χ1) is 9.70. The maximum absolute atomic E-state index is 11.7. The second kappa shape index (κ2) is 6.73. The van der Waals surface area contributed by atoms with Gasteiger partial charge in [0.2, 0.25) is 0 Å². The van der Waals surface area contributed by atoms with Crippen molar-refractivity contribution in [3.8, 4) is 11.8 Å². The van der Waals surface area contributed by atoms with Crippen LogP contribution < -0.4 is 10.1 Å². The van der Waals surface area contributed by atoms with Gasteiger partial charge in [0.25, 0.3) is 5.91 Å². The van der Waals surface area contributed by atoms with Crippen LogP contribution in [0.3, 0.4) is 0 Å². The number of nitrogens with one attached hydrogen (secondary N) is 1. The molecule has 0 aliphatic heterocycles. The molecule has 1 aromatic heterocycles. The number of para-hydroxylation sites is 1. The van der Waals surface area contributed by atoms with Crippen LogP contribution in [0.1, 0.15) is 16.0 Å². The molecule has 0 bridgehead atoms. The summed E-state index contributed by atoms with van der Waals surface area (Å²) in [7, 11) is 0. The molecule has 0 aliphatic carbocycles. The van der Waals surface area contributed by atoms with Gasteiger partial charge in [-0.25, -0.2) is 0 Å². The van der Waals surface area contributed by atoms with E-state index in [1.54, 1.807) is 35.6 Å². The summed E-state index contributed by atoms with van der Waals surface area (Å²) in [4.78, 5) is 12.8. The first-order valence-corrected chi connectivity index (χ1v) is 7.00. The normalized spacial score (nSPS) is 9.80. The van der Waals surface area contributed by atoms with E-state index in [0.29, 0.717) is 17.9 Å². The van der Waals surface area contributed by atoms with Crippen LogP contribution in [-0.4, -0.2) is 12.5 Å². The molecular weight excluding hydrogens is 272 g/mol. The molecule has 102 valence electrons. The van der Waals surface area contributed by atoms with E-state index < -0.39 is 0 Å². The number of amides is 1. The number of nitriles is 1. The van der Waals surface area contributed by atoms with E-state index in [2.05, 4.69) is 5.32 Å². The molecule has 1 heterocycles. The third kappa shape index (κ3) is 3.59. The minimum atomic E-state index is -0.203. The standard InChI is InChI=1S/C15H14N2O2S/c1-11-6-7-20-14(11)9-17-15(18)10-19-13-5-3-2-4-12(13)8-16/h2-7H,9-10H2,1H3,(H,17,18). The lowest BCUT2D eigenvalue weighted by atomic mass is 10.2. The Morgan fingerprint density at radius 3 is 2.90 bits per heavy atom. The van der Waals surface area contributed by atoms with Crippen LogP contribution in [0, 0.1) is 18.3 Å². The quantitative estimate of drug-likeness (QED) is 0.919. The number of nitrogens with zero attached hydrogens (tertiary/aromatic N) is 1. The lowest BCUT2D eigenvalue weighted by Gasteiger charge is -2.08. The average molecular weight is 286 g/mol. The van der Waals surface area contributed by atoms with Crippen molar-refractivity contribution in [1.29, 1.82) is 5.26 Å². The monoisotopic (exact) mass is 286 g/mol. The highest BCUT2D eigenvalue weighted by Crippen LogP contribution is 2.16. The van der Waals surface area contributed by atoms with Crippen molar-refractivity contribution in [2.24, 2.45) is 0 Å². The van der Waals surface area contributed by atoms with Gasteiger partial charge in [-0.15, -0.1) is 11.3 Å². The van der Waals surface area contributed by atoms with Crippen molar-refractivity contribution in [3.05, 3.63) is 51.7 Å². The lowest BCUT2D eigenvalue weighted by molar-refractivity contribution is -0.123. The molecule has 0 atom stereocenters. The second-order valence-corrected chi connectivity index (χ2v) is 5.20. The van der Waals surface area contributed by atoms with Gasteiger partial charge in [0.15, 0.2) is 6.61 Å². The van der Waals surface area contributed by atoms with E-state index >= 15 is 0 Å². The number of ether oxygens (including phenoxy) is 1. The highest BCUT2D eigenvalue weighted by molar-refractivity contribution is 7.10. The van der Waals surface area contributed by atoms with Crippen molar-refractivity contribution < 1.29 is 9.53 Å². The summed E-state index contributed by atoms with van der Waals surface area (Å²) < 4.78 is 5.36. The number of hydrogen-bond donors (Lipinski definition) is 1. The van der Waals surface area contributed by atoms with Gasteiger partial charge in [0, 0.05) is 4.88 Å². The van der Waals surface area contributed by atoms with Crippen LogP contribution in [0.15, 0.2) is 35.7 Å². The Morgan fingerprint density at radius 2 is 2.20 bits per heavy atom. The highest BCUT2D eigenvalue weighted by atomic mass is 32.1. The fourth-order valence-electron chi connectivity index (χ4n) is 1.64. The number of carbonyl (C=O) groups excluding carboxylic acids is 1. The molecule has 0 radical (unpaired) electrons. The van der Waals surface area contributed by atoms with Gasteiger partial charge in [-0.05, 0) is 36.1 Å². The number of hydrogen-bond acceptors (Lipinski definition) is 4. The zero-order valence-electron chi connectivity index (χ0n) is 11.1. The molecule has 0 unspecified atom stereocenters. The van der Waals surface area contributed by atoms with Crippen LogP contribution in [0.4, 0.5) is 0 Å². The van der Waals surface area contributed by atoms with Crippen LogP contribution in [0.25, 0.3) is 0 Å². The predicted octanol–water partition coefficient (Wildman–Crippen LogP) is 2.62. The Hall–Kier alpha value is -2.32. The van der Waals surface area contributed by atoms with Crippen LogP contribution in [-0.2, 0) is 11.3 Å². The summed E-state index contributed by atoms with van der Waals surface area (Å²) in [5, 5.41) is 13.7. The molecule has 0 spiro atoms. The molecule has 2 aromatic rings. The second-order valence-electron chi connectivity index (χ2n) is 4.20. The molecule has 0 saturated carbocycles. The minimum absolute atomic E-state index is 0.0941. The predicted molar refractivity (Wildman–Crippen MR) is 77.6 cm³/mol. The largest absolute Gasteiger partial charge is 0.482 e. The van der Waals surface area contributed by atoms with Crippen LogP contribution in [0.2, 0.25) is 0 Å². The number of carbonyl (C=O) groups is 1. The van der Waals surface area contributed by atoms with Gasteiger partial charge in [-0.1, -0.05) is 12.1 Å². The molecule has 1 aromatic carbocycles. The van der Waals surface area contributed by atoms with Gasteiger partial charge in [0.05, 0.1) is 12.1 Å². The van der Waals surface area contributed by atoms with Gasteiger partial charge < -0.3 is 10.1 Å². The first kappa shape index (κ1) is 14.1. The molecule has 0 saturated heterocycles. The number of aryl methyl sites for hydroxylation is 1. The Morgan fingerprint density at radius 1 is 1.40 bits per heavy atom. The summed E-state index contributed by atoms with van der Waals surface area (Å²) in [5.74, 6) is 0.225. The first-order valence-electron chi connectivity index (χ1n) is 6.12. The van der Waals surface area contributed by atoms with E-state index in [4.69, 9.17) is 10.00 Å². The smallest absolute Gasteiger partial charge is 0.258 e. The molecule has 4 nitrogen and oxygen atoms in total. The highest BCUT2D eigenvalue weighted by Gasteiger charge is 2.07. The molecular formula is C15H14N2O2S. The van der Waals surface area contributed by atoms with Crippen LogP contribution >= 0.6 is 11.3 Å². The third-order valence-electron chi connectivity index (χ3n) is 2.78. The van der Waals surface area contributed by atoms with Crippen molar-refractivity contribution in [1.82, 2.24) is 5.32 Å². The maximum Gasteiger partial charge on any atom is 0.258 e. The van der Waals surface area contributed by atoms with E-state index in [1.165, 1.54) is 5.56 Å². The van der Waals surface area contributed by atoms with Gasteiger partial charge in [-0.3, -0.25) is 4.79 Å². The fourth-order valence-corrected chi connectivity index (χ4v) is 2.49. The Kier molecular flexibility index (Phi) is 4.75. The summed E-state index contributed by atoms with van der Waals surface area (Å²) in [5.41, 5.74) is 1.60. The van der Waals surface area contributed by atoms with Gasteiger partial charge >= 0.3 is 0 Å². The zero-order chi connectivity index (χ0) is 14.4. The average Bonchev–Trinajstić information content (AvgIpc) is 2.88. The molecule has 5 heteroatoms.